The fourth-order valence-corrected chi connectivity index (χ4v) is 2.56. The highest BCUT2D eigenvalue weighted by Crippen LogP contribution is 2.27. The Morgan fingerprint density at radius 2 is 2.16 bits per heavy atom. The number of nitrogens with zero attached hydrogens (tertiary/aromatic N) is 1. The van der Waals surface area contributed by atoms with E-state index >= 15 is 0 Å². The zero-order valence-electron chi connectivity index (χ0n) is 11.0. The summed E-state index contributed by atoms with van der Waals surface area (Å²) in [5, 5.41) is 2.80. The summed E-state index contributed by atoms with van der Waals surface area (Å²) in [5.74, 6) is 0.516. The summed E-state index contributed by atoms with van der Waals surface area (Å²) in [7, 11) is 0. The number of pyridine rings is 1. The lowest BCUT2D eigenvalue weighted by atomic mass is 9.85. The van der Waals surface area contributed by atoms with E-state index < -0.39 is 6.04 Å². The molecule has 0 bridgehead atoms. The number of hydrogen-bond donors (Lipinski definition) is 2. The minimum absolute atomic E-state index is 0. The second-order valence-electron chi connectivity index (χ2n) is 5.08. The Kier molecular flexibility index (Phi) is 6.81. The van der Waals surface area contributed by atoms with E-state index in [0.717, 1.165) is 6.42 Å². The van der Waals surface area contributed by atoms with Gasteiger partial charge < -0.3 is 11.1 Å². The highest BCUT2D eigenvalue weighted by molar-refractivity contribution is 5.94. The molecule has 1 unspecified atom stereocenters. The normalized spacial score (nSPS) is 17.3. The van der Waals surface area contributed by atoms with E-state index in [-0.39, 0.29) is 18.3 Å². The van der Waals surface area contributed by atoms with E-state index in [0.29, 0.717) is 11.6 Å². The van der Waals surface area contributed by atoms with Gasteiger partial charge in [0.2, 0.25) is 5.91 Å². The third kappa shape index (κ3) is 5.17. The molecular formula is C14H22ClN3O. The Bertz CT molecular complexity index is 380. The van der Waals surface area contributed by atoms with Crippen molar-refractivity contribution in [1.29, 1.82) is 0 Å². The van der Waals surface area contributed by atoms with Gasteiger partial charge in [-0.2, -0.15) is 0 Å². The molecule has 0 radical (unpaired) electrons. The first-order valence-corrected chi connectivity index (χ1v) is 6.72. The third-order valence-corrected chi connectivity index (χ3v) is 3.58. The molecule has 5 heteroatoms. The van der Waals surface area contributed by atoms with Crippen LogP contribution in [0.5, 0.6) is 0 Å². The molecule has 0 spiro atoms. The average molecular weight is 284 g/mol. The van der Waals surface area contributed by atoms with Crippen LogP contribution in [0.25, 0.3) is 0 Å². The first-order chi connectivity index (χ1) is 8.75. The van der Waals surface area contributed by atoms with Gasteiger partial charge in [-0.05, 0) is 24.5 Å². The fourth-order valence-electron chi connectivity index (χ4n) is 2.56. The molecule has 0 saturated heterocycles. The third-order valence-electron chi connectivity index (χ3n) is 3.58. The topological polar surface area (TPSA) is 68.0 Å². The van der Waals surface area contributed by atoms with Gasteiger partial charge in [0.25, 0.3) is 0 Å². The number of halogens is 1. The number of anilines is 1. The maximum atomic E-state index is 11.9. The van der Waals surface area contributed by atoms with E-state index in [2.05, 4.69) is 10.3 Å². The fraction of sp³-hybridized carbons (Fsp3) is 0.571. The summed E-state index contributed by atoms with van der Waals surface area (Å²) in [6.07, 6.45) is 10.4. The van der Waals surface area contributed by atoms with Crippen LogP contribution in [0.4, 0.5) is 5.69 Å². The molecule has 106 valence electrons. The number of aromatic nitrogens is 1. The zero-order valence-corrected chi connectivity index (χ0v) is 11.9. The van der Waals surface area contributed by atoms with Gasteiger partial charge in [-0.3, -0.25) is 9.78 Å². The highest BCUT2D eigenvalue weighted by Gasteiger charge is 2.21. The van der Waals surface area contributed by atoms with Gasteiger partial charge in [0, 0.05) is 6.20 Å². The van der Waals surface area contributed by atoms with E-state index in [1.165, 1.54) is 32.1 Å². The molecule has 4 nitrogen and oxygen atoms in total. The quantitative estimate of drug-likeness (QED) is 0.893. The van der Waals surface area contributed by atoms with Gasteiger partial charge in [-0.25, -0.2) is 0 Å². The van der Waals surface area contributed by atoms with Gasteiger partial charge in [0.1, 0.15) is 0 Å². The van der Waals surface area contributed by atoms with E-state index in [1.807, 2.05) is 6.07 Å². The minimum Gasteiger partial charge on any atom is -0.323 e. The van der Waals surface area contributed by atoms with Crippen molar-refractivity contribution in [2.75, 3.05) is 5.32 Å². The van der Waals surface area contributed by atoms with Crippen LogP contribution in [-0.4, -0.2) is 16.9 Å². The summed E-state index contributed by atoms with van der Waals surface area (Å²) in [6, 6.07) is 3.20. The Hall–Kier alpha value is -1.13. The van der Waals surface area contributed by atoms with Crippen LogP contribution in [0, 0.1) is 5.92 Å². The van der Waals surface area contributed by atoms with Crippen LogP contribution in [0.1, 0.15) is 38.5 Å². The molecule has 3 N–H and O–H groups in total. The summed E-state index contributed by atoms with van der Waals surface area (Å²) in [6.45, 7) is 0. The second kappa shape index (κ2) is 8.12. The number of carbonyl (C=O) groups is 1. The van der Waals surface area contributed by atoms with Crippen molar-refractivity contribution in [2.24, 2.45) is 11.7 Å². The first-order valence-electron chi connectivity index (χ1n) is 6.72. The molecule has 1 aromatic rings. The van der Waals surface area contributed by atoms with Crippen molar-refractivity contribution in [2.45, 2.75) is 44.6 Å². The lowest BCUT2D eigenvalue weighted by Gasteiger charge is -2.24. The van der Waals surface area contributed by atoms with Crippen LogP contribution in [0.2, 0.25) is 0 Å². The van der Waals surface area contributed by atoms with Crippen molar-refractivity contribution in [1.82, 2.24) is 4.98 Å². The Labute approximate surface area is 120 Å². The molecular weight excluding hydrogens is 262 g/mol. The predicted octanol–water partition coefficient (Wildman–Crippen LogP) is 2.74. The summed E-state index contributed by atoms with van der Waals surface area (Å²) in [5.41, 5.74) is 6.67. The lowest BCUT2D eigenvalue weighted by molar-refractivity contribution is -0.117. The van der Waals surface area contributed by atoms with Crippen molar-refractivity contribution in [3.05, 3.63) is 24.5 Å². The molecule has 1 aromatic heterocycles. The van der Waals surface area contributed by atoms with Crippen molar-refractivity contribution < 1.29 is 4.79 Å². The Balaban J connectivity index is 0.00000180. The lowest BCUT2D eigenvalue weighted by Crippen LogP contribution is -2.37. The van der Waals surface area contributed by atoms with Gasteiger partial charge in [0.15, 0.2) is 0 Å². The maximum Gasteiger partial charge on any atom is 0.241 e. The van der Waals surface area contributed by atoms with Gasteiger partial charge >= 0.3 is 0 Å². The molecule has 1 heterocycles. The molecule has 0 aliphatic heterocycles. The molecule has 0 aromatic carbocycles. The largest absolute Gasteiger partial charge is 0.323 e. The summed E-state index contributed by atoms with van der Waals surface area (Å²) >= 11 is 0. The molecule has 19 heavy (non-hydrogen) atoms. The molecule has 1 fully saturated rings. The second-order valence-corrected chi connectivity index (χ2v) is 5.08. The summed E-state index contributed by atoms with van der Waals surface area (Å²) in [4.78, 5) is 15.9. The number of carbonyl (C=O) groups excluding carboxylic acids is 1. The Morgan fingerprint density at radius 1 is 1.42 bits per heavy atom. The van der Waals surface area contributed by atoms with Crippen molar-refractivity contribution >= 4 is 24.0 Å². The minimum atomic E-state index is -0.409. The number of nitrogens with one attached hydrogen (secondary N) is 1. The standard InChI is InChI=1S/C14H21N3O.ClH/c15-13(9-11-5-2-1-3-6-11)14(18)17-12-7-4-8-16-10-12;/h4,7-8,10-11,13H,1-3,5-6,9,15H2,(H,17,18);1H. The average Bonchev–Trinajstić information content (AvgIpc) is 2.41. The predicted molar refractivity (Wildman–Crippen MR) is 79.3 cm³/mol. The molecule has 1 saturated carbocycles. The smallest absolute Gasteiger partial charge is 0.241 e. The molecule has 1 aliphatic rings. The van der Waals surface area contributed by atoms with Gasteiger partial charge in [-0.1, -0.05) is 32.1 Å². The zero-order chi connectivity index (χ0) is 12.8. The van der Waals surface area contributed by atoms with Crippen LogP contribution >= 0.6 is 12.4 Å². The van der Waals surface area contributed by atoms with Crippen LogP contribution in [0.15, 0.2) is 24.5 Å². The number of nitrogens with two attached hydrogens (primary N) is 1. The summed E-state index contributed by atoms with van der Waals surface area (Å²) < 4.78 is 0. The van der Waals surface area contributed by atoms with Gasteiger partial charge in [0.05, 0.1) is 17.9 Å². The van der Waals surface area contributed by atoms with Gasteiger partial charge in [-0.15, -0.1) is 12.4 Å². The van der Waals surface area contributed by atoms with Crippen LogP contribution < -0.4 is 11.1 Å². The molecule has 1 amide bonds. The first kappa shape index (κ1) is 15.9. The van der Waals surface area contributed by atoms with E-state index in [9.17, 15) is 4.79 Å². The number of amides is 1. The monoisotopic (exact) mass is 283 g/mol. The highest BCUT2D eigenvalue weighted by atomic mass is 35.5. The van der Waals surface area contributed by atoms with Crippen LogP contribution in [-0.2, 0) is 4.79 Å². The van der Waals surface area contributed by atoms with Crippen LogP contribution in [0.3, 0.4) is 0 Å². The van der Waals surface area contributed by atoms with Crippen molar-refractivity contribution in [3.8, 4) is 0 Å². The molecule has 1 aliphatic carbocycles. The maximum absolute atomic E-state index is 11.9. The Morgan fingerprint density at radius 3 is 2.79 bits per heavy atom. The number of hydrogen-bond acceptors (Lipinski definition) is 3. The molecule has 2 rings (SSSR count). The number of rotatable bonds is 4. The van der Waals surface area contributed by atoms with E-state index in [1.54, 1.807) is 18.5 Å². The van der Waals surface area contributed by atoms with E-state index in [4.69, 9.17) is 5.73 Å². The SMILES string of the molecule is Cl.NC(CC1CCCCC1)C(=O)Nc1cccnc1. The molecule has 1 atom stereocenters. The van der Waals surface area contributed by atoms with Crippen molar-refractivity contribution in [3.63, 3.8) is 0 Å².